The van der Waals surface area contributed by atoms with Gasteiger partial charge in [0, 0.05) is 27.9 Å². The largest absolute Gasteiger partial charge is 0.396 e. The van der Waals surface area contributed by atoms with E-state index in [4.69, 9.17) is 24.1 Å². The van der Waals surface area contributed by atoms with E-state index in [0.29, 0.717) is 13.2 Å². The number of rotatable bonds is 8. The molecule has 0 aromatic rings. The van der Waals surface area contributed by atoms with Crippen molar-refractivity contribution in [3.63, 3.8) is 0 Å². The van der Waals surface area contributed by atoms with Gasteiger partial charge in [-0.2, -0.15) is 0 Å². The zero-order chi connectivity index (χ0) is 14.4. The second kappa shape index (κ2) is 7.71. The van der Waals surface area contributed by atoms with Gasteiger partial charge >= 0.3 is 8.56 Å². The fourth-order valence-electron chi connectivity index (χ4n) is 3.37. The Labute approximate surface area is 118 Å². The van der Waals surface area contributed by atoms with Gasteiger partial charge in [0.1, 0.15) is 5.22 Å². The monoisotopic (exact) mass is 291 g/mol. The average molecular weight is 291 g/mol. The summed E-state index contributed by atoms with van der Waals surface area (Å²) >= 11 is 0. The molecule has 1 aliphatic rings. The molecule has 114 valence electrons. The van der Waals surface area contributed by atoms with Crippen LogP contribution in [-0.2, 0) is 18.3 Å². The number of hydrogen-bond acceptors (Lipinski definition) is 5. The zero-order valence-electron chi connectivity index (χ0n) is 12.7. The maximum absolute atomic E-state index is 5.97. The van der Waals surface area contributed by atoms with Crippen LogP contribution in [0.2, 0.25) is 6.04 Å². The van der Waals surface area contributed by atoms with Crippen molar-refractivity contribution >= 4 is 8.56 Å². The molecule has 2 unspecified atom stereocenters. The molecule has 0 radical (unpaired) electrons. The molecule has 1 saturated heterocycles. The van der Waals surface area contributed by atoms with E-state index < -0.39 is 13.8 Å². The predicted molar refractivity (Wildman–Crippen MR) is 77.3 cm³/mol. The van der Waals surface area contributed by atoms with Crippen molar-refractivity contribution in [2.24, 2.45) is 5.73 Å². The summed E-state index contributed by atoms with van der Waals surface area (Å²) in [6, 6.07) is 0.946. The van der Waals surface area contributed by atoms with Crippen molar-refractivity contribution in [2.75, 3.05) is 34.5 Å². The Morgan fingerprint density at radius 1 is 1.26 bits per heavy atom. The van der Waals surface area contributed by atoms with Crippen LogP contribution in [-0.4, -0.2) is 54.4 Å². The van der Waals surface area contributed by atoms with Gasteiger partial charge in [-0.1, -0.05) is 0 Å². The molecule has 0 saturated carbocycles. The Hall–Kier alpha value is 0.0169. The standard InChI is InChI=1S/C13H29NO4Si/c1-5-18-12-8-6-11-19(16-3,17-4)13(12,15-2)9-7-10-14/h12H,5-11,14H2,1-4H3. The third-order valence-corrected chi connectivity index (χ3v) is 8.68. The summed E-state index contributed by atoms with van der Waals surface area (Å²) in [5, 5.41) is -0.454. The van der Waals surface area contributed by atoms with E-state index in [1.54, 1.807) is 21.3 Å². The van der Waals surface area contributed by atoms with Crippen molar-refractivity contribution in [3.8, 4) is 0 Å². The van der Waals surface area contributed by atoms with Crippen LogP contribution >= 0.6 is 0 Å². The van der Waals surface area contributed by atoms with Crippen LogP contribution in [0.15, 0.2) is 0 Å². The molecular weight excluding hydrogens is 262 g/mol. The minimum absolute atomic E-state index is 0.0365. The molecule has 0 amide bonds. The summed E-state index contributed by atoms with van der Waals surface area (Å²) in [5.74, 6) is 0. The van der Waals surface area contributed by atoms with Gasteiger partial charge in [-0.15, -0.1) is 0 Å². The summed E-state index contributed by atoms with van der Waals surface area (Å²) in [4.78, 5) is 0. The zero-order valence-corrected chi connectivity index (χ0v) is 13.7. The molecule has 19 heavy (non-hydrogen) atoms. The van der Waals surface area contributed by atoms with E-state index >= 15 is 0 Å². The smallest absolute Gasteiger partial charge is 0.373 e. The van der Waals surface area contributed by atoms with Crippen LogP contribution in [0, 0.1) is 0 Å². The highest BCUT2D eigenvalue weighted by Crippen LogP contribution is 2.44. The van der Waals surface area contributed by atoms with E-state index in [0.717, 1.165) is 31.7 Å². The van der Waals surface area contributed by atoms with Gasteiger partial charge in [0.25, 0.3) is 0 Å². The quantitative estimate of drug-likeness (QED) is 0.688. The molecule has 6 heteroatoms. The summed E-state index contributed by atoms with van der Waals surface area (Å²) in [5.41, 5.74) is 5.69. The molecule has 1 aliphatic heterocycles. The molecule has 5 nitrogen and oxygen atoms in total. The number of ether oxygens (including phenoxy) is 2. The first kappa shape index (κ1) is 17.1. The molecular formula is C13H29NO4Si. The highest BCUT2D eigenvalue weighted by atomic mass is 28.4. The van der Waals surface area contributed by atoms with E-state index in [9.17, 15) is 0 Å². The summed E-state index contributed by atoms with van der Waals surface area (Å²) in [6.07, 6.45) is 3.81. The molecule has 1 fully saturated rings. The van der Waals surface area contributed by atoms with Gasteiger partial charge in [0.15, 0.2) is 0 Å². The number of methoxy groups -OCH3 is 1. The first-order chi connectivity index (χ1) is 9.16. The topological polar surface area (TPSA) is 62.9 Å². The SMILES string of the molecule is CCOC1CCC[Si](OC)(OC)C1(CCCN)OC. The fraction of sp³-hybridized carbons (Fsp3) is 1.00. The lowest BCUT2D eigenvalue weighted by atomic mass is 10.0. The van der Waals surface area contributed by atoms with Gasteiger partial charge in [0.05, 0.1) is 6.10 Å². The predicted octanol–water partition coefficient (Wildman–Crippen LogP) is 1.58. The van der Waals surface area contributed by atoms with E-state index in [2.05, 4.69) is 0 Å². The molecule has 1 heterocycles. The highest BCUT2D eigenvalue weighted by molar-refractivity contribution is 6.71. The number of hydrogen-bond donors (Lipinski definition) is 1. The molecule has 0 aromatic heterocycles. The van der Waals surface area contributed by atoms with E-state index in [1.165, 1.54) is 0 Å². The van der Waals surface area contributed by atoms with Crippen LogP contribution in [0.25, 0.3) is 0 Å². The molecule has 0 spiro atoms. The van der Waals surface area contributed by atoms with Crippen LogP contribution in [0.1, 0.15) is 32.6 Å². The first-order valence-electron chi connectivity index (χ1n) is 7.13. The van der Waals surface area contributed by atoms with Crippen molar-refractivity contribution in [1.29, 1.82) is 0 Å². The third-order valence-electron chi connectivity index (χ3n) is 4.28. The van der Waals surface area contributed by atoms with Gasteiger partial charge in [-0.05, 0) is 45.2 Å². The third kappa shape index (κ3) is 3.04. The van der Waals surface area contributed by atoms with Gasteiger partial charge in [0.2, 0.25) is 0 Å². The normalized spacial score (nSPS) is 30.5. The van der Waals surface area contributed by atoms with Crippen molar-refractivity contribution in [3.05, 3.63) is 0 Å². The Balaban J connectivity index is 3.11. The Morgan fingerprint density at radius 3 is 2.42 bits per heavy atom. The van der Waals surface area contributed by atoms with E-state index in [-0.39, 0.29) is 6.10 Å². The van der Waals surface area contributed by atoms with Crippen molar-refractivity contribution < 1.29 is 18.3 Å². The minimum atomic E-state index is -2.45. The highest BCUT2D eigenvalue weighted by Gasteiger charge is 2.63. The molecule has 0 aromatic carbocycles. The molecule has 2 N–H and O–H groups in total. The van der Waals surface area contributed by atoms with Crippen LogP contribution in [0.5, 0.6) is 0 Å². The van der Waals surface area contributed by atoms with Crippen molar-refractivity contribution in [2.45, 2.75) is 50.0 Å². The summed E-state index contributed by atoms with van der Waals surface area (Å²) in [7, 11) is 2.77. The lowest BCUT2D eigenvalue weighted by Crippen LogP contribution is -2.71. The Kier molecular flexibility index (Phi) is 6.92. The Bertz CT molecular complexity index is 261. The second-order valence-corrected chi connectivity index (χ2v) is 8.65. The van der Waals surface area contributed by atoms with Crippen LogP contribution in [0.4, 0.5) is 0 Å². The number of nitrogens with two attached hydrogens (primary N) is 1. The Morgan fingerprint density at radius 2 is 1.95 bits per heavy atom. The van der Waals surface area contributed by atoms with Crippen LogP contribution in [0.3, 0.4) is 0 Å². The maximum Gasteiger partial charge on any atom is 0.373 e. The lowest BCUT2D eigenvalue weighted by molar-refractivity contribution is -0.121. The lowest BCUT2D eigenvalue weighted by Gasteiger charge is -2.51. The summed E-state index contributed by atoms with van der Waals surface area (Å²) < 4.78 is 23.7. The first-order valence-corrected chi connectivity index (χ1v) is 9.15. The van der Waals surface area contributed by atoms with Crippen LogP contribution < -0.4 is 5.73 Å². The average Bonchev–Trinajstić information content (AvgIpc) is 2.46. The summed E-state index contributed by atoms with van der Waals surface area (Å²) in [6.45, 7) is 3.33. The molecule has 2 atom stereocenters. The molecule has 1 rings (SSSR count). The fourth-order valence-corrected chi connectivity index (χ4v) is 7.31. The van der Waals surface area contributed by atoms with Crippen molar-refractivity contribution in [1.82, 2.24) is 0 Å². The minimum Gasteiger partial charge on any atom is -0.396 e. The van der Waals surface area contributed by atoms with Gasteiger partial charge in [-0.3, -0.25) is 0 Å². The molecule has 0 bridgehead atoms. The van der Waals surface area contributed by atoms with E-state index in [1.807, 2.05) is 6.92 Å². The van der Waals surface area contributed by atoms with Gasteiger partial charge in [-0.25, -0.2) is 0 Å². The molecule has 0 aliphatic carbocycles. The second-order valence-electron chi connectivity index (χ2n) is 4.98. The van der Waals surface area contributed by atoms with Gasteiger partial charge < -0.3 is 24.1 Å². The maximum atomic E-state index is 5.97.